The van der Waals surface area contributed by atoms with E-state index in [4.69, 9.17) is 12.2 Å². The summed E-state index contributed by atoms with van der Waals surface area (Å²) in [6.45, 7) is 4.08. The Bertz CT molecular complexity index is 541. The molecule has 84 valence electrons. The van der Waals surface area contributed by atoms with Crippen LogP contribution in [0.2, 0.25) is 0 Å². The predicted octanol–water partition coefficient (Wildman–Crippen LogP) is 2.59. The fraction of sp³-hybridized carbons (Fsp3) is 0.364. The van der Waals surface area contributed by atoms with Crippen LogP contribution in [-0.4, -0.2) is 19.7 Å². The van der Waals surface area contributed by atoms with Crippen molar-refractivity contribution in [1.82, 2.24) is 19.7 Å². The fourth-order valence-corrected chi connectivity index (χ4v) is 1.86. The molecule has 0 unspecified atom stereocenters. The first-order valence-electron chi connectivity index (χ1n) is 5.30. The van der Waals surface area contributed by atoms with Gasteiger partial charge >= 0.3 is 0 Å². The van der Waals surface area contributed by atoms with Gasteiger partial charge in [0.05, 0.1) is 0 Å². The molecule has 0 amide bonds. The first-order chi connectivity index (χ1) is 7.70. The van der Waals surface area contributed by atoms with Crippen molar-refractivity contribution in [2.24, 2.45) is 0 Å². The summed E-state index contributed by atoms with van der Waals surface area (Å²) in [5, 5.41) is 3.25. The molecule has 2 aromatic rings. The smallest absolute Gasteiger partial charge is 0.156 e. The summed E-state index contributed by atoms with van der Waals surface area (Å²) in [6.07, 6.45) is 3.64. The lowest BCUT2D eigenvalue weighted by atomic mass is 10.3. The molecule has 0 aromatic carbocycles. The van der Waals surface area contributed by atoms with E-state index in [0.29, 0.717) is 0 Å². The Morgan fingerprint density at radius 2 is 2.19 bits per heavy atom. The van der Waals surface area contributed by atoms with Gasteiger partial charge < -0.3 is 0 Å². The molecule has 0 saturated heterocycles. The van der Waals surface area contributed by atoms with Crippen molar-refractivity contribution in [3.63, 3.8) is 0 Å². The summed E-state index contributed by atoms with van der Waals surface area (Å²) >= 11 is 5.28. The van der Waals surface area contributed by atoms with E-state index >= 15 is 0 Å². The maximum atomic E-state index is 5.28. The molecular weight excluding hydrogens is 220 g/mol. The van der Waals surface area contributed by atoms with Crippen molar-refractivity contribution in [3.8, 4) is 5.82 Å². The number of aromatic amines is 1. The van der Waals surface area contributed by atoms with E-state index in [1.54, 1.807) is 6.33 Å². The Hall–Kier alpha value is -1.49. The normalized spacial score (nSPS) is 10.6. The number of hydrogen-bond donors (Lipinski definition) is 1. The van der Waals surface area contributed by atoms with Crippen molar-refractivity contribution in [1.29, 1.82) is 0 Å². The summed E-state index contributed by atoms with van der Waals surface area (Å²) in [4.78, 5) is 8.26. The van der Waals surface area contributed by atoms with E-state index < -0.39 is 0 Å². The highest BCUT2D eigenvalue weighted by atomic mass is 32.1. The van der Waals surface area contributed by atoms with Crippen LogP contribution in [0.3, 0.4) is 0 Å². The minimum Gasteiger partial charge on any atom is -0.296 e. The van der Waals surface area contributed by atoms with Gasteiger partial charge in [0.25, 0.3) is 0 Å². The molecule has 0 fully saturated rings. The van der Waals surface area contributed by atoms with Gasteiger partial charge in [0.15, 0.2) is 5.82 Å². The average molecular weight is 234 g/mol. The van der Waals surface area contributed by atoms with Gasteiger partial charge in [-0.05, 0) is 19.4 Å². The van der Waals surface area contributed by atoms with Crippen LogP contribution in [0.1, 0.15) is 24.7 Å². The number of hydrogen-bond acceptors (Lipinski definition) is 3. The van der Waals surface area contributed by atoms with Gasteiger partial charge in [0.1, 0.15) is 11.0 Å². The van der Waals surface area contributed by atoms with Crippen LogP contribution < -0.4 is 0 Å². The van der Waals surface area contributed by atoms with Gasteiger partial charge in [-0.3, -0.25) is 5.10 Å². The second-order valence-electron chi connectivity index (χ2n) is 3.72. The molecule has 16 heavy (non-hydrogen) atoms. The number of nitrogens with zero attached hydrogens (tertiary/aromatic N) is 3. The van der Waals surface area contributed by atoms with Gasteiger partial charge in [-0.1, -0.05) is 25.6 Å². The highest BCUT2D eigenvalue weighted by molar-refractivity contribution is 7.71. The quantitative estimate of drug-likeness (QED) is 0.830. The number of aromatic nitrogens is 4. The van der Waals surface area contributed by atoms with Crippen molar-refractivity contribution in [3.05, 3.63) is 34.5 Å². The Morgan fingerprint density at radius 1 is 1.38 bits per heavy atom. The van der Waals surface area contributed by atoms with E-state index in [1.807, 2.05) is 23.7 Å². The minimum atomic E-state index is 0.751. The van der Waals surface area contributed by atoms with Crippen molar-refractivity contribution >= 4 is 12.2 Å². The van der Waals surface area contributed by atoms with Crippen LogP contribution in [0, 0.1) is 11.6 Å². The van der Waals surface area contributed by atoms with E-state index in [0.717, 1.165) is 34.7 Å². The van der Waals surface area contributed by atoms with Gasteiger partial charge in [0, 0.05) is 17.5 Å². The summed E-state index contributed by atoms with van der Waals surface area (Å²) in [5.41, 5.74) is 2.07. The second-order valence-corrected chi connectivity index (χ2v) is 4.14. The van der Waals surface area contributed by atoms with Crippen LogP contribution in [0.15, 0.2) is 18.5 Å². The monoisotopic (exact) mass is 234 g/mol. The van der Waals surface area contributed by atoms with Crippen LogP contribution >= 0.6 is 12.2 Å². The van der Waals surface area contributed by atoms with E-state index in [-0.39, 0.29) is 0 Å². The van der Waals surface area contributed by atoms with E-state index in [1.165, 1.54) is 0 Å². The zero-order chi connectivity index (χ0) is 11.5. The molecule has 2 heterocycles. The standard InChI is InChI=1S/C11H14N4S/c1-3-4-9-6-11(16)15(14-9)10-5-8(2)12-7-13-10/h5-7,14H,3-4H2,1-2H3. The molecule has 2 rings (SSSR count). The molecule has 0 aliphatic rings. The maximum Gasteiger partial charge on any atom is 0.156 e. The third-order valence-corrected chi connectivity index (χ3v) is 2.61. The largest absolute Gasteiger partial charge is 0.296 e. The zero-order valence-electron chi connectivity index (χ0n) is 9.40. The molecule has 0 aliphatic heterocycles. The minimum absolute atomic E-state index is 0.751. The molecule has 0 bridgehead atoms. The molecule has 0 atom stereocenters. The van der Waals surface area contributed by atoms with Gasteiger partial charge in [-0.2, -0.15) is 0 Å². The molecular formula is C11H14N4S. The zero-order valence-corrected chi connectivity index (χ0v) is 10.2. The van der Waals surface area contributed by atoms with Gasteiger partial charge in [-0.25, -0.2) is 14.6 Å². The third-order valence-electron chi connectivity index (χ3n) is 2.31. The Morgan fingerprint density at radius 3 is 2.88 bits per heavy atom. The van der Waals surface area contributed by atoms with Gasteiger partial charge in [0.2, 0.25) is 0 Å². The predicted molar refractivity (Wildman–Crippen MR) is 65.3 cm³/mol. The number of nitrogens with one attached hydrogen (secondary N) is 1. The summed E-state index contributed by atoms with van der Waals surface area (Å²) in [6, 6.07) is 3.89. The van der Waals surface area contributed by atoms with Crippen LogP contribution in [0.5, 0.6) is 0 Å². The molecule has 1 N–H and O–H groups in total. The fourth-order valence-electron chi connectivity index (χ4n) is 1.57. The highest BCUT2D eigenvalue weighted by Crippen LogP contribution is 2.08. The molecule has 4 nitrogen and oxygen atoms in total. The van der Waals surface area contributed by atoms with Crippen molar-refractivity contribution in [2.45, 2.75) is 26.7 Å². The maximum absolute atomic E-state index is 5.28. The highest BCUT2D eigenvalue weighted by Gasteiger charge is 2.03. The molecule has 2 aromatic heterocycles. The van der Waals surface area contributed by atoms with Crippen LogP contribution in [-0.2, 0) is 6.42 Å². The molecule has 0 spiro atoms. The molecule has 5 heteroatoms. The van der Waals surface area contributed by atoms with Gasteiger partial charge in [-0.15, -0.1) is 0 Å². The summed E-state index contributed by atoms with van der Waals surface area (Å²) in [7, 11) is 0. The summed E-state index contributed by atoms with van der Waals surface area (Å²) < 4.78 is 2.57. The number of rotatable bonds is 3. The lowest BCUT2D eigenvalue weighted by Crippen LogP contribution is -2.01. The first kappa shape index (κ1) is 11.0. The van der Waals surface area contributed by atoms with E-state index in [9.17, 15) is 0 Å². The SMILES string of the molecule is CCCc1cc(=S)n(-c2cc(C)ncn2)[nH]1. The van der Waals surface area contributed by atoms with Crippen molar-refractivity contribution < 1.29 is 0 Å². The second kappa shape index (κ2) is 4.57. The third kappa shape index (κ3) is 2.19. The Labute approximate surface area is 99.4 Å². The van der Waals surface area contributed by atoms with E-state index in [2.05, 4.69) is 22.0 Å². The first-order valence-corrected chi connectivity index (χ1v) is 5.71. The molecule has 0 radical (unpaired) electrons. The van der Waals surface area contributed by atoms with Crippen LogP contribution in [0.4, 0.5) is 0 Å². The molecule has 0 aliphatic carbocycles. The summed E-state index contributed by atoms with van der Waals surface area (Å²) in [5.74, 6) is 0.792. The Kier molecular flexibility index (Phi) is 3.14. The Balaban J connectivity index is 2.44. The average Bonchev–Trinajstić information content (AvgIpc) is 2.60. The lowest BCUT2D eigenvalue weighted by molar-refractivity contribution is 0.779. The number of aryl methyl sites for hydroxylation is 2. The lowest BCUT2D eigenvalue weighted by Gasteiger charge is -2.02. The van der Waals surface area contributed by atoms with Crippen molar-refractivity contribution in [2.75, 3.05) is 0 Å². The molecule has 0 saturated carbocycles. The topological polar surface area (TPSA) is 46.5 Å². The van der Waals surface area contributed by atoms with Crippen LogP contribution in [0.25, 0.3) is 5.82 Å². The number of H-pyrrole nitrogens is 1.